The average molecular weight is 371 g/mol. The van der Waals surface area contributed by atoms with Crippen molar-refractivity contribution in [3.05, 3.63) is 58.7 Å². The number of rotatable bonds is 3. The van der Waals surface area contributed by atoms with Crippen molar-refractivity contribution in [2.75, 3.05) is 0 Å². The van der Waals surface area contributed by atoms with Crippen LogP contribution in [0.25, 0.3) is 0 Å². The van der Waals surface area contributed by atoms with Gasteiger partial charge in [-0.25, -0.2) is 0 Å². The van der Waals surface area contributed by atoms with Gasteiger partial charge in [-0.2, -0.15) is 0 Å². The Hall–Kier alpha value is -1.56. The predicted molar refractivity (Wildman–Crippen MR) is 88.1 cm³/mol. The topological polar surface area (TPSA) is 24.7 Å². The Morgan fingerprint density at radius 2 is 1.00 bits per heavy atom. The SMILES string of the molecule is Cc1ccc(N=CC=Nc2ccc(C)c(C)c2)cc1C.[Pd]. The first-order valence-corrected chi connectivity index (χ1v) is 6.77. The van der Waals surface area contributed by atoms with Crippen LogP contribution in [0.4, 0.5) is 11.4 Å². The Balaban J connectivity index is 0.00000220. The van der Waals surface area contributed by atoms with E-state index in [1.54, 1.807) is 12.4 Å². The summed E-state index contributed by atoms with van der Waals surface area (Å²) in [6, 6.07) is 12.4. The third kappa shape index (κ3) is 5.04. The van der Waals surface area contributed by atoms with Crippen molar-refractivity contribution < 1.29 is 20.4 Å². The fourth-order valence-electron chi connectivity index (χ4n) is 1.85. The molecule has 0 saturated heterocycles. The van der Waals surface area contributed by atoms with Crippen LogP contribution in [-0.2, 0) is 20.4 Å². The third-order valence-electron chi connectivity index (χ3n) is 3.49. The van der Waals surface area contributed by atoms with Gasteiger partial charge in [0.05, 0.1) is 11.4 Å². The third-order valence-corrected chi connectivity index (χ3v) is 3.49. The molecule has 21 heavy (non-hydrogen) atoms. The molecule has 3 heteroatoms. The zero-order chi connectivity index (χ0) is 14.5. The smallest absolute Gasteiger partial charge is 0.0633 e. The molecular weight excluding hydrogens is 351 g/mol. The summed E-state index contributed by atoms with van der Waals surface area (Å²) in [4.78, 5) is 8.78. The van der Waals surface area contributed by atoms with Crippen LogP contribution in [0.2, 0.25) is 0 Å². The molecular formula is C18H20N2Pd. The monoisotopic (exact) mass is 370 g/mol. The molecule has 2 aromatic rings. The summed E-state index contributed by atoms with van der Waals surface area (Å²) in [6.07, 6.45) is 3.47. The van der Waals surface area contributed by atoms with E-state index in [1.807, 2.05) is 12.1 Å². The maximum atomic E-state index is 4.39. The molecule has 0 unspecified atom stereocenters. The molecule has 0 radical (unpaired) electrons. The Morgan fingerprint density at radius 1 is 0.619 bits per heavy atom. The predicted octanol–water partition coefficient (Wildman–Crippen LogP) is 5.02. The molecule has 0 heterocycles. The summed E-state index contributed by atoms with van der Waals surface area (Å²) in [5.41, 5.74) is 7.00. The second-order valence-corrected chi connectivity index (χ2v) is 5.09. The summed E-state index contributed by atoms with van der Waals surface area (Å²) in [7, 11) is 0. The molecule has 2 nitrogen and oxygen atoms in total. The van der Waals surface area contributed by atoms with E-state index >= 15 is 0 Å². The van der Waals surface area contributed by atoms with Gasteiger partial charge in [-0.1, -0.05) is 12.1 Å². The van der Waals surface area contributed by atoms with Gasteiger partial charge in [-0.3, -0.25) is 9.98 Å². The van der Waals surface area contributed by atoms with Crippen molar-refractivity contribution in [1.82, 2.24) is 0 Å². The van der Waals surface area contributed by atoms with Crippen LogP contribution in [-0.4, -0.2) is 12.4 Å². The van der Waals surface area contributed by atoms with E-state index in [2.05, 4.69) is 61.9 Å². The normalized spacial score (nSPS) is 11.0. The summed E-state index contributed by atoms with van der Waals surface area (Å²) in [5, 5.41) is 0. The summed E-state index contributed by atoms with van der Waals surface area (Å²) < 4.78 is 0. The molecule has 0 aromatic heterocycles. The van der Waals surface area contributed by atoms with E-state index < -0.39 is 0 Å². The van der Waals surface area contributed by atoms with E-state index in [9.17, 15) is 0 Å². The Morgan fingerprint density at radius 3 is 1.33 bits per heavy atom. The number of aliphatic imine (C=N–C) groups is 2. The maximum absolute atomic E-state index is 4.39. The van der Waals surface area contributed by atoms with Crippen molar-refractivity contribution >= 4 is 23.8 Å². The van der Waals surface area contributed by atoms with E-state index in [0.29, 0.717) is 0 Å². The van der Waals surface area contributed by atoms with Gasteiger partial charge in [-0.05, 0) is 74.2 Å². The van der Waals surface area contributed by atoms with E-state index in [1.165, 1.54) is 22.3 Å². The number of benzene rings is 2. The minimum atomic E-state index is 0. The second kappa shape index (κ2) is 8.02. The van der Waals surface area contributed by atoms with Gasteiger partial charge in [0, 0.05) is 32.9 Å². The largest absolute Gasteiger partial charge is 0.255 e. The maximum Gasteiger partial charge on any atom is 0.0633 e. The van der Waals surface area contributed by atoms with Gasteiger partial charge in [-0.15, -0.1) is 0 Å². The quantitative estimate of drug-likeness (QED) is 0.535. The first kappa shape index (κ1) is 17.5. The second-order valence-electron chi connectivity index (χ2n) is 5.09. The molecule has 0 N–H and O–H groups in total. The number of nitrogens with zero attached hydrogens (tertiary/aromatic N) is 2. The molecule has 0 aliphatic heterocycles. The van der Waals surface area contributed by atoms with Crippen molar-refractivity contribution in [2.45, 2.75) is 27.7 Å². The molecule has 0 spiro atoms. The van der Waals surface area contributed by atoms with E-state index in [4.69, 9.17) is 0 Å². The van der Waals surface area contributed by atoms with Crippen LogP contribution in [0.1, 0.15) is 22.3 Å². The Labute approximate surface area is 140 Å². The van der Waals surface area contributed by atoms with Crippen molar-refractivity contribution in [2.24, 2.45) is 9.98 Å². The zero-order valence-corrected chi connectivity index (χ0v) is 14.4. The van der Waals surface area contributed by atoms with Gasteiger partial charge >= 0.3 is 0 Å². The van der Waals surface area contributed by atoms with Crippen LogP contribution in [0.5, 0.6) is 0 Å². The fourth-order valence-corrected chi connectivity index (χ4v) is 1.85. The standard InChI is InChI=1S/C18H20N2.Pd/c1-13-5-7-17(11-15(13)3)19-9-10-20-18-8-6-14(2)16(4)12-18;/h5-12H,1-4H3;. The van der Waals surface area contributed by atoms with Crippen molar-refractivity contribution in [3.63, 3.8) is 0 Å². The van der Waals surface area contributed by atoms with Crippen LogP contribution < -0.4 is 0 Å². The van der Waals surface area contributed by atoms with Crippen LogP contribution in [0.3, 0.4) is 0 Å². The molecule has 0 bridgehead atoms. The van der Waals surface area contributed by atoms with Crippen LogP contribution in [0, 0.1) is 27.7 Å². The Kier molecular flexibility index (Phi) is 6.68. The number of aryl methyl sites for hydroxylation is 4. The summed E-state index contributed by atoms with van der Waals surface area (Å²) in [5.74, 6) is 0. The van der Waals surface area contributed by atoms with Gasteiger partial charge < -0.3 is 0 Å². The molecule has 0 saturated carbocycles. The first-order chi connectivity index (χ1) is 9.56. The van der Waals surface area contributed by atoms with E-state index in [0.717, 1.165) is 11.4 Å². The molecule has 0 amide bonds. The average Bonchev–Trinajstić information content (AvgIpc) is 2.42. The van der Waals surface area contributed by atoms with Crippen LogP contribution >= 0.6 is 0 Å². The molecule has 2 rings (SSSR count). The molecule has 112 valence electrons. The minimum absolute atomic E-state index is 0. The Bertz CT molecular complexity index is 613. The number of hydrogen-bond donors (Lipinski definition) is 0. The van der Waals surface area contributed by atoms with Gasteiger partial charge in [0.1, 0.15) is 0 Å². The van der Waals surface area contributed by atoms with E-state index in [-0.39, 0.29) is 20.4 Å². The van der Waals surface area contributed by atoms with Crippen LogP contribution in [0.15, 0.2) is 46.4 Å². The summed E-state index contributed by atoms with van der Waals surface area (Å²) in [6.45, 7) is 8.39. The zero-order valence-electron chi connectivity index (χ0n) is 12.8. The number of hydrogen-bond acceptors (Lipinski definition) is 2. The minimum Gasteiger partial charge on any atom is -0.255 e. The molecule has 0 aliphatic carbocycles. The molecule has 2 aromatic carbocycles. The first-order valence-electron chi connectivity index (χ1n) is 6.77. The van der Waals surface area contributed by atoms with Crippen molar-refractivity contribution in [1.29, 1.82) is 0 Å². The molecule has 0 fully saturated rings. The molecule has 0 atom stereocenters. The fraction of sp³-hybridized carbons (Fsp3) is 0.222. The van der Waals surface area contributed by atoms with Gasteiger partial charge in [0.25, 0.3) is 0 Å². The van der Waals surface area contributed by atoms with Crippen molar-refractivity contribution in [3.8, 4) is 0 Å². The summed E-state index contributed by atoms with van der Waals surface area (Å²) >= 11 is 0. The van der Waals surface area contributed by atoms with Gasteiger partial charge in [0.2, 0.25) is 0 Å². The van der Waals surface area contributed by atoms with Gasteiger partial charge in [0.15, 0.2) is 0 Å². The molecule has 0 aliphatic rings.